The van der Waals surface area contributed by atoms with E-state index in [-0.39, 0.29) is 0 Å². The van der Waals surface area contributed by atoms with Crippen LogP contribution in [0, 0.1) is 0 Å². The number of piperidine rings is 1. The Kier molecular flexibility index (Phi) is 2.90. The first-order valence-corrected chi connectivity index (χ1v) is 5.34. The molecule has 2 heterocycles. The molecule has 1 aliphatic heterocycles. The summed E-state index contributed by atoms with van der Waals surface area (Å²) in [4.78, 5) is 0. The smallest absolute Gasteiger partial charge is 0.0685 e. The molecule has 0 radical (unpaired) electrons. The van der Waals surface area contributed by atoms with E-state index in [4.69, 9.17) is 0 Å². The van der Waals surface area contributed by atoms with E-state index in [0.29, 0.717) is 5.92 Å². The van der Waals surface area contributed by atoms with Gasteiger partial charge in [0.15, 0.2) is 0 Å². The molecular weight excluding hydrogens is 230 g/mol. The van der Waals surface area contributed by atoms with Crippen molar-refractivity contribution in [2.75, 3.05) is 13.1 Å². The quantitative estimate of drug-likeness (QED) is 0.814. The highest BCUT2D eigenvalue weighted by Crippen LogP contribution is 2.22. The zero-order valence-corrected chi connectivity index (χ0v) is 8.92. The lowest BCUT2D eigenvalue weighted by atomic mass is 9.96. The van der Waals surface area contributed by atoms with Gasteiger partial charge in [-0.15, -0.1) is 0 Å². The van der Waals surface area contributed by atoms with Gasteiger partial charge in [0.2, 0.25) is 0 Å². The monoisotopic (exact) mass is 241 g/mol. The van der Waals surface area contributed by atoms with Crippen molar-refractivity contribution in [1.82, 2.24) is 15.5 Å². The van der Waals surface area contributed by atoms with Gasteiger partial charge in [0.05, 0.1) is 11.9 Å². The average Bonchev–Trinajstić information content (AvgIpc) is 2.19. The SMILES string of the molecule is Brc1cnnc(C2CCCNC2)c1. The number of nitrogens with one attached hydrogen (secondary N) is 1. The molecule has 2 rings (SSSR count). The highest BCUT2D eigenvalue weighted by atomic mass is 79.9. The maximum absolute atomic E-state index is 4.14. The Morgan fingerprint density at radius 1 is 1.54 bits per heavy atom. The molecule has 1 fully saturated rings. The van der Waals surface area contributed by atoms with Gasteiger partial charge < -0.3 is 5.32 Å². The molecule has 0 spiro atoms. The molecule has 0 amide bonds. The summed E-state index contributed by atoms with van der Waals surface area (Å²) in [5.74, 6) is 0.541. The van der Waals surface area contributed by atoms with Crippen LogP contribution in [0.25, 0.3) is 0 Å². The van der Waals surface area contributed by atoms with E-state index in [1.807, 2.05) is 0 Å². The lowest BCUT2D eigenvalue weighted by molar-refractivity contribution is 0.451. The fourth-order valence-electron chi connectivity index (χ4n) is 1.66. The van der Waals surface area contributed by atoms with Gasteiger partial charge in [-0.3, -0.25) is 0 Å². The third-order valence-corrected chi connectivity index (χ3v) is 2.79. The van der Waals surface area contributed by atoms with E-state index < -0.39 is 0 Å². The van der Waals surface area contributed by atoms with E-state index in [1.54, 1.807) is 6.20 Å². The summed E-state index contributed by atoms with van der Waals surface area (Å²) < 4.78 is 1.02. The fourth-order valence-corrected chi connectivity index (χ4v) is 1.99. The molecule has 1 unspecified atom stereocenters. The van der Waals surface area contributed by atoms with Gasteiger partial charge in [-0.25, -0.2) is 0 Å². The summed E-state index contributed by atoms with van der Waals surface area (Å²) in [6, 6.07) is 2.06. The Morgan fingerprint density at radius 2 is 2.46 bits per heavy atom. The number of hydrogen-bond acceptors (Lipinski definition) is 3. The average molecular weight is 242 g/mol. The Labute approximate surface area is 86.1 Å². The molecule has 1 saturated heterocycles. The Bertz CT molecular complexity index is 284. The Hall–Kier alpha value is -0.480. The van der Waals surface area contributed by atoms with Crippen molar-refractivity contribution in [2.45, 2.75) is 18.8 Å². The molecule has 4 heteroatoms. The van der Waals surface area contributed by atoms with Gasteiger partial charge in [-0.1, -0.05) is 0 Å². The van der Waals surface area contributed by atoms with Crippen LogP contribution >= 0.6 is 15.9 Å². The first-order valence-electron chi connectivity index (χ1n) is 4.55. The van der Waals surface area contributed by atoms with Gasteiger partial charge in [0, 0.05) is 16.9 Å². The Morgan fingerprint density at radius 3 is 3.15 bits per heavy atom. The van der Waals surface area contributed by atoms with Crippen molar-refractivity contribution in [2.24, 2.45) is 0 Å². The van der Waals surface area contributed by atoms with Crippen molar-refractivity contribution in [3.05, 3.63) is 22.4 Å². The molecule has 3 nitrogen and oxygen atoms in total. The van der Waals surface area contributed by atoms with Crippen LogP contribution in [0.4, 0.5) is 0 Å². The van der Waals surface area contributed by atoms with Gasteiger partial charge in [0.1, 0.15) is 0 Å². The number of aromatic nitrogens is 2. The van der Waals surface area contributed by atoms with E-state index in [9.17, 15) is 0 Å². The van der Waals surface area contributed by atoms with Crippen molar-refractivity contribution < 1.29 is 0 Å². The summed E-state index contributed by atoms with van der Waals surface area (Å²) in [6.45, 7) is 2.17. The van der Waals surface area contributed by atoms with Crippen LogP contribution in [-0.2, 0) is 0 Å². The van der Waals surface area contributed by atoms with Crippen LogP contribution in [0.2, 0.25) is 0 Å². The molecule has 0 aromatic carbocycles. The molecule has 1 aliphatic rings. The first kappa shape index (κ1) is 9.09. The molecule has 1 aromatic rings. The summed E-state index contributed by atoms with van der Waals surface area (Å²) in [7, 11) is 0. The second kappa shape index (κ2) is 4.15. The lowest BCUT2D eigenvalue weighted by Gasteiger charge is -2.21. The minimum Gasteiger partial charge on any atom is -0.316 e. The second-order valence-corrected chi connectivity index (χ2v) is 4.26. The normalized spacial score (nSPS) is 23.0. The van der Waals surface area contributed by atoms with Crippen LogP contribution in [0.3, 0.4) is 0 Å². The maximum Gasteiger partial charge on any atom is 0.0685 e. The van der Waals surface area contributed by atoms with Crippen LogP contribution in [-0.4, -0.2) is 23.3 Å². The highest BCUT2D eigenvalue weighted by molar-refractivity contribution is 9.10. The molecular formula is C9H12BrN3. The highest BCUT2D eigenvalue weighted by Gasteiger charge is 2.16. The first-order chi connectivity index (χ1) is 6.36. The predicted molar refractivity (Wildman–Crippen MR) is 54.6 cm³/mol. The van der Waals surface area contributed by atoms with Crippen molar-refractivity contribution in [3.8, 4) is 0 Å². The van der Waals surface area contributed by atoms with Gasteiger partial charge in [-0.2, -0.15) is 10.2 Å². The minimum absolute atomic E-state index is 0.541. The van der Waals surface area contributed by atoms with Crippen molar-refractivity contribution in [1.29, 1.82) is 0 Å². The molecule has 70 valence electrons. The van der Waals surface area contributed by atoms with Gasteiger partial charge in [-0.05, 0) is 41.4 Å². The number of hydrogen-bond donors (Lipinski definition) is 1. The predicted octanol–water partition coefficient (Wildman–Crippen LogP) is 1.71. The van der Waals surface area contributed by atoms with E-state index in [2.05, 4.69) is 37.5 Å². The molecule has 0 bridgehead atoms. The maximum atomic E-state index is 4.14. The Balaban J connectivity index is 2.14. The van der Waals surface area contributed by atoms with Crippen molar-refractivity contribution in [3.63, 3.8) is 0 Å². The van der Waals surface area contributed by atoms with Crippen LogP contribution in [0.1, 0.15) is 24.5 Å². The zero-order valence-electron chi connectivity index (χ0n) is 7.33. The van der Waals surface area contributed by atoms with Crippen LogP contribution < -0.4 is 5.32 Å². The van der Waals surface area contributed by atoms with E-state index in [1.165, 1.54) is 12.8 Å². The van der Waals surface area contributed by atoms with Gasteiger partial charge >= 0.3 is 0 Å². The number of nitrogens with zero attached hydrogens (tertiary/aromatic N) is 2. The minimum atomic E-state index is 0.541. The third kappa shape index (κ3) is 2.25. The van der Waals surface area contributed by atoms with E-state index in [0.717, 1.165) is 23.3 Å². The molecule has 13 heavy (non-hydrogen) atoms. The van der Waals surface area contributed by atoms with Crippen molar-refractivity contribution >= 4 is 15.9 Å². The molecule has 1 N–H and O–H groups in total. The number of halogens is 1. The summed E-state index contributed by atoms with van der Waals surface area (Å²) in [6.07, 6.45) is 4.18. The fraction of sp³-hybridized carbons (Fsp3) is 0.556. The topological polar surface area (TPSA) is 37.8 Å². The van der Waals surface area contributed by atoms with Crippen LogP contribution in [0.15, 0.2) is 16.7 Å². The largest absolute Gasteiger partial charge is 0.316 e. The van der Waals surface area contributed by atoms with Crippen LogP contribution in [0.5, 0.6) is 0 Å². The number of rotatable bonds is 1. The second-order valence-electron chi connectivity index (χ2n) is 3.34. The molecule has 1 atom stereocenters. The molecule has 0 saturated carbocycles. The zero-order chi connectivity index (χ0) is 9.10. The lowest BCUT2D eigenvalue weighted by Crippen LogP contribution is -2.28. The summed E-state index contributed by atoms with van der Waals surface area (Å²) in [5.41, 5.74) is 1.10. The summed E-state index contributed by atoms with van der Waals surface area (Å²) in [5, 5.41) is 11.4. The third-order valence-electron chi connectivity index (χ3n) is 2.36. The van der Waals surface area contributed by atoms with Gasteiger partial charge in [0.25, 0.3) is 0 Å². The molecule has 0 aliphatic carbocycles. The summed E-state index contributed by atoms with van der Waals surface area (Å²) >= 11 is 3.41. The standard InChI is InChI=1S/C9H12BrN3/c10-8-4-9(13-12-6-8)7-2-1-3-11-5-7/h4,6-7,11H,1-3,5H2. The van der Waals surface area contributed by atoms with E-state index >= 15 is 0 Å². The molecule has 1 aromatic heterocycles.